The highest BCUT2D eigenvalue weighted by Gasteiger charge is 2.43. The molecule has 8 heteroatoms. The number of benzene rings is 1. The van der Waals surface area contributed by atoms with E-state index in [9.17, 15) is 17.6 Å². The van der Waals surface area contributed by atoms with E-state index in [4.69, 9.17) is 4.74 Å². The second-order valence-electron chi connectivity index (χ2n) is 8.68. The number of hydrogen-bond acceptors (Lipinski definition) is 4. The SMILES string of the molecule is O=C(CC1CCOC2(CCN(S(=O)(=O)Cc3ccccc3F)CC2)C1)NC1CC1. The Morgan fingerprint density at radius 2 is 1.93 bits per heavy atom. The van der Waals surface area contributed by atoms with E-state index in [1.54, 1.807) is 12.1 Å². The van der Waals surface area contributed by atoms with Gasteiger partial charge in [0.2, 0.25) is 15.9 Å². The molecule has 0 bridgehead atoms. The number of carbonyl (C=O) groups is 1. The van der Waals surface area contributed by atoms with Crippen molar-refractivity contribution in [2.75, 3.05) is 19.7 Å². The third-order valence-corrected chi connectivity index (χ3v) is 8.16. The van der Waals surface area contributed by atoms with Crippen LogP contribution in [-0.2, 0) is 25.3 Å². The van der Waals surface area contributed by atoms with Crippen molar-refractivity contribution in [1.82, 2.24) is 9.62 Å². The summed E-state index contributed by atoms with van der Waals surface area (Å²) in [6.07, 6.45) is 5.59. The molecule has 4 rings (SSSR count). The van der Waals surface area contributed by atoms with E-state index >= 15 is 0 Å². The van der Waals surface area contributed by atoms with Gasteiger partial charge >= 0.3 is 0 Å². The number of piperidine rings is 1. The fraction of sp³-hybridized carbons (Fsp3) is 0.667. The second kappa shape index (κ2) is 8.32. The Bertz CT molecular complexity index is 848. The number of sulfonamides is 1. The van der Waals surface area contributed by atoms with E-state index in [0.29, 0.717) is 45.0 Å². The number of ether oxygens (including phenoxy) is 1. The summed E-state index contributed by atoms with van der Waals surface area (Å²) in [5.74, 6) is -0.409. The zero-order valence-electron chi connectivity index (χ0n) is 16.6. The molecule has 1 aliphatic carbocycles. The van der Waals surface area contributed by atoms with Crippen molar-refractivity contribution in [3.05, 3.63) is 35.6 Å². The highest BCUT2D eigenvalue weighted by molar-refractivity contribution is 7.88. The highest BCUT2D eigenvalue weighted by Crippen LogP contribution is 2.39. The van der Waals surface area contributed by atoms with E-state index in [2.05, 4.69) is 5.32 Å². The largest absolute Gasteiger partial charge is 0.375 e. The number of nitrogens with one attached hydrogen (secondary N) is 1. The fourth-order valence-electron chi connectivity index (χ4n) is 4.50. The molecule has 3 fully saturated rings. The molecule has 1 spiro atoms. The van der Waals surface area contributed by atoms with Crippen LogP contribution in [0.1, 0.15) is 50.5 Å². The molecule has 6 nitrogen and oxygen atoms in total. The average molecular weight is 425 g/mol. The minimum Gasteiger partial charge on any atom is -0.375 e. The third kappa shape index (κ3) is 5.16. The van der Waals surface area contributed by atoms with E-state index in [1.807, 2.05) is 0 Å². The number of nitrogens with zero attached hydrogens (tertiary/aromatic N) is 1. The van der Waals surface area contributed by atoms with Crippen molar-refractivity contribution in [3.8, 4) is 0 Å². The maximum Gasteiger partial charge on any atom is 0.220 e. The number of halogens is 1. The van der Waals surface area contributed by atoms with Crippen molar-refractivity contribution in [2.24, 2.45) is 5.92 Å². The Balaban J connectivity index is 1.32. The maximum atomic E-state index is 13.9. The summed E-state index contributed by atoms with van der Waals surface area (Å²) in [5, 5.41) is 3.05. The van der Waals surface area contributed by atoms with Gasteiger partial charge in [-0.3, -0.25) is 4.79 Å². The topological polar surface area (TPSA) is 75.7 Å². The van der Waals surface area contributed by atoms with Crippen molar-refractivity contribution in [3.63, 3.8) is 0 Å². The van der Waals surface area contributed by atoms with Crippen LogP contribution in [0, 0.1) is 11.7 Å². The van der Waals surface area contributed by atoms with E-state index in [0.717, 1.165) is 25.7 Å². The van der Waals surface area contributed by atoms with Gasteiger partial charge in [0, 0.05) is 37.7 Å². The molecule has 1 saturated carbocycles. The summed E-state index contributed by atoms with van der Waals surface area (Å²) in [6, 6.07) is 6.37. The molecule has 1 aromatic rings. The van der Waals surface area contributed by atoms with E-state index < -0.39 is 15.8 Å². The van der Waals surface area contributed by atoms with Gasteiger partial charge in [0.1, 0.15) is 5.82 Å². The van der Waals surface area contributed by atoms with Crippen LogP contribution < -0.4 is 5.32 Å². The molecule has 0 aromatic heterocycles. The van der Waals surface area contributed by atoms with Crippen molar-refractivity contribution in [1.29, 1.82) is 0 Å². The van der Waals surface area contributed by atoms with Crippen LogP contribution in [0.4, 0.5) is 4.39 Å². The maximum absolute atomic E-state index is 13.9. The van der Waals surface area contributed by atoms with E-state index in [-0.39, 0.29) is 28.7 Å². The number of amides is 1. The summed E-state index contributed by atoms with van der Waals surface area (Å²) in [6.45, 7) is 1.36. The second-order valence-corrected chi connectivity index (χ2v) is 10.7. The Kier molecular flexibility index (Phi) is 5.95. The fourth-order valence-corrected chi connectivity index (χ4v) is 6.05. The van der Waals surface area contributed by atoms with Crippen molar-refractivity contribution in [2.45, 2.75) is 62.3 Å². The first kappa shape index (κ1) is 20.8. The van der Waals surface area contributed by atoms with Gasteiger partial charge in [0.05, 0.1) is 11.4 Å². The molecule has 2 aliphatic heterocycles. The van der Waals surface area contributed by atoms with Crippen molar-refractivity contribution < 1.29 is 22.3 Å². The number of rotatable bonds is 6. The van der Waals surface area contributed by atoms with Gasteiger partial charge in [-0.2, -0.15) is 0 Å². The molecule has 1 atom stereocenters. The minimum atomic E-state index is -3.58. The van der Waals surface area contributed by atoms with Gasteiger partial charge < -0.3 is 10.1 Å². The van der Waals surface area contributed by atoms with Gasteiger partial charge in [-0.15, -0.1) is 0 Å². The lowest BCUT2D eigenvalue weighted by Crippen LogP contribution is -2.51. The van der Waals surface area contributed by atoms with Gasteiger partial charge in [-0.05, 0) is 50.5 Å². The molecule has 2 saturated heterocycles. The molecular formula is C21H29FN2O4S. The summed E-state index contributed by atoms with van der Waals surface area (Å²) in [7, 11) is -3.58. The summed E-state index contributed by atoms with van der Waals surface area (Å²) in [4.78, 5) is 12.1. The minimum absolute atomic E-state index is 0.124. The predicted molar refractivity (Wildman–Crippen MR) is 107 cm³/mol. The summed E-state index contributed by atoms with van der Waals surface area (Å²) >= 11 is 0. The van der Waals surface area contributed by atoms with Crippen LogP contribution >= 0.6 is 0 Å². The predicted octanol–water partition coefficient (Wildman–Crippen LogP) is 2.59. The van der Waals surface area contributed by atoms with Gasteiger partial charge in [-0.1, -0.05) is 18.2 Å². The Morgan fingerprint density at radius 1 is 1.21 bits per heavy atom. The zero-order chi connectivity index (χ0) is 20.5. The molecular weight excluding hydrogens is 395 g/mol. The normalized spacial score (nSPS) is 25.1. The highest BCUT2D eigenvalue weighted by atomic mass is 32.2. The van der Waals surface area contributed by atoms with Crippen LogP contribution in [0.15, 0.2) is 24.3 Å². The first-order chi connectivity index (χ1) is 13.9. The Hall–Kier alpha value is -1.51. The van der Waals surface area contributed by atoms with Crippen LogP contribution in [-0.4, -0.2) is 50.0 Å². The standard InChI is InChI=1S/C21H29FN2O4S/c22-19-4-2-1-3-17(19)15-29(26,27)24-10-8-21(9-11-24)14-16(7-12-28-21)13-20(25)23-18-5-6-18/h1-4,16,18H,5-15H2,(H,23,25). The van der Waals surface area contributed by atoms with Crippen LogP contribution in [0.25, 0.3) is 0 Å². The molecule has 2 heterocycles. The third-order valence-electron chi connectivity index (χ3n) is 6.33. The molecule has 1 unspecified atom stereocenters. The Morgan fingerprint density at radius 3 is 2.62 bits per heavy atom. The Labute approximate surface area is 171 Å². The average Bonchev–Trinajstić information content (AvgIpc) is 3.48. The first-order valence-electron chi connectivity index (χ1n) is 10.5. The zero-order valence-corrected chi connectivity index (χ0v) is 17.4. The first-order valence-corrected chi connectivity index (χ1v) is 12.1. The van der Waals surface area contributed by atoms with Crippen LogP contribution in [0.2, 0.25) is 0 Å². The molecule has 29 heavy (non-hydrogen) atoms. The lowest BCUT2D eigenvalue weighted by Gasteiger charge is -2.45. The lowest BCUT2D eigenvalue weighted by molar-refractivity contribution is -0.132. The molecule has 3 aliphatic rings. The quantitative estimate of drug-likeness (QED) is 0.762. The molecule has 1 N–H and O–H groups in total. The molecule has 1 amide bonds. The van der Waals surface area contributed by atoms with E-state index in [1.165, 1.54) is 16.4 Å². The monoisotopic (exact) mass is 424 g/mol. The number of hydrogen-bond donors (Lipinski definition) is 1. The van der Waals surface area contributed by atoms with Gasteiger partial charge in [0.15, 0.2) is 0 Å². The van der Waals surface area contributed by atoms with Gasteiger partial charge in [0.25, 0.3) is 0 Å². The number of carbonyl (C=O) groups excluding carboxylic acids is 1. The lowest BCUT2D eigenvalue weighted by atomic mass is 9.78. The van der Waals surface area contributed by atoms with Crippen LogP contribution in [0.5, 0.6) is 0 Å². The summed E-state index contributed by atoms with van der Waals surface area (Å²) < 4.78 is 46.9. The van der Waals surface area contributed by atoms with Crippen LogP contribution in [0.3, 0.4) is 0 Å². The summed E-state index contributed by atoms with van der Waals surface area (Å²) in [5.41, 5.74) is -0.143. The molecule has 0 radical (unpaired) electrons. The molecule has 160 valence electrons. The van der Waals surface area contributed by atoms with Gasteiger partial charge in [-0.25, -0.2) is 17.1 Å². The van der Waals surface area contributed by atoms with Crippen molar-refractivity contribution >= 4 is 15.9 Å². The smallest absolute Gasteiger partial charge is 0.220 e. The molecule has 1 aromatic carbocycles.